The Morgan fingerprint density at radius 1 is 0.917 bits per heavy atom. The van der Waals surface area contributed by atoms with E-state index in [2.05, 4.69) is 17.4 Å². The molecule has 1 heterocycles. The lowest BCUT2D eigenvalue weighted by Crippen LogP contribution is -2.50. The number of rotatable bonds is 9. The summed E-state index contributed by atoms with van der Waals surface area (Å²) < 4.78 is 5.79. The van der Waals surface area contributed by atoms with Crippen molar-refractivity contribution in [1.29, 1.82) is 0 Å². The molecule has 0 aliphatic heterocycles. The average Bonchev–Trinajstić information content (AvgIpc) is 3.31. The molecule has 2 aromatic carbocycles. The van der Waals surface area contributed by atoms with Crippen LogP contribution >= 0.6 is 0 Å². The first-order chi connectivity index (χ1) is 17.5. The number of hydrogen-bond donors (Lipinski definition) is 1. The van der Waals surface area contributed by atoms with Crippen LogP contribution in [0.25, 0.3) is 0 Å². The number of nitrogens with one attached hydrogen (secondary N) is 1. The average molecular weight is 488 g/mol. The molecule has 1 saturated carbocycles. The number of hydrogen-bond acceptors (Lipinski definition) is 3. The number of para-hydroxylation sites is 1. The zero-order valence-corrected chi connectivity index (χ0v) is 21.4. The molecule has 3 amide bonds. The molecule has 1 aliphatic carbocycles. The van der Waals surface area contributed by atoms with E-state index in [4.69, 9.17) is 4.42 Å². The van der Waals surface area contributed by atoms with E-state index in [0.717, 1.165) is 54.9 Å². The van der Waals surface area contributed by atoms with E-state index in [0.29, 0.717) is 13.1 Å². The number of benzene rings is 2. The third kappa shape index (κ3) is 7.00. The maximum atomic E-state index is 13.7. The van der Waals surface area contributed by atoms with Crippen LogP contribution in [0.3, 0.4) is 0 Å². The minimum absolute atomic E-state index is 0.0524. The number of aryl methyl sites for hydroxylation is 2. The Morgan fingerprint density at radius 2 is 1.64 bits per heavy atom. The Morgan fingerprint density at radius 3 is 2.33 bits per heavy atom. The summed E-state index contributed by atoms with van der Waals surface area (Å²) in [6, 6.07) is 21.6. The van der Waals surface area contributed by atoms with E-state index in [-0.39, 0.29) is 24.5 Å². The third-order valence-electron chi connectivity index (χ3n) is 6.98. The molecule has 0 atom stereocenters. The SMILES string of the molecule is Cc1ccc(CN(CCc2ccccc2)C(=O)CN(C(=O)Nc2ccccc2C)C2CCCCC2)o1. The van der Waals surface area contributed by atoms with Crippen molar-refractivity contribution in [3.8, 4) is 0 Å². The quantitative estimate of drug-likeness (QED) is 0.383. The van der Waals surface area contributed by atoms with Crippen molar-refractivity contribution in [2.45, 2.75) is 65.0 Å². The molecular weight excluding hydrogens is 450 g/mol. The molecule has 1 aliphatic rings. The number of anilines is 1. The van der Waals surface area contributed by atoms with E-state index in [1.54, 1.807) is 4.90 Å². The highest BCUT2D eigenvalue weighted by molar-refractivity contribution is 5.93. The van der Waals surface area contributed by atoms with Gasteiger partial charge in [-0.1, -0.05) is 67.8 Å². The van der Waals surface area contributed by atoms with Gasteiger partial charge >= 0.3 is 6.03 Å². The summed E-state index contributed by atoms with van der Waals surface area (Å²) >= 11 is 0. The minimum Gasteiger partial charge on any atom is -0.464 e. The highest BCUT2D eigenvalue weighted by Gasteiger charge is 2.29. The second kappa shape index (κ2) is 12.4. The van der Waals surface area contributed by atoms with Crippen molar-refractivity contribution in [3.63, 3.8) is 0 Å². The van der Waals surface area contributed by atoms with Gasteiger partial charge in [-0.2, -0.15) is 0 Å². The van der Waals surface area contributed by atoms with Crippen molar-refractivity contribution in [2.75, 3.05) is 18.4 Å². The summed E-state index contributed by atoms with van der Waals surface area (Å²) in [5.41, 5.74) is 2.95. The second-order valence-electron chi connectivity index (χ2n) is 9.73. The van der Waals surface area contributed by atoms with Crippen LogP contribution in [-0.2, 0) is 17.8 Å². The maximum absolute atomic E-state index is 13.7. The van der Waals surface area contributed by atoms with Crippen LogP contribution in [-0.4, -0.2) is 40.9 Å². The van der Waals surface area contributed by atoms with Gasteiger partial charge in [-0.25, -0.2) is 4.79 Å². The molecule has 0 spiro atoms. The number of carbonyl (C=O) groups excluding carboxylic acids is 2. The molecule has 0 unspecified atom stereocenters. The summed E-state index contributed by atoms with van der Waals surface area (Å²) in [7, 11) is 0. The molecule has 6 heteroatoms. The van der Waals surface area contributed by atoms with Crippen molar-refractivity contribution < 1.29 is 14.0 Å². The number of urea groups is 1. The summed E-state index contributed by atoms with van der Waals surface area (Å²) in [5.74, 6) is 1.51. The van der Waals surface area contributed by atoms with E-state index in [1.807, 2.05) is 73.3 Å². The van der Waals surface area contributed by atoms with E-state index < -0.39 is 0 Å². The lowest BCUT2D eigenvalue weighted by molar-refractivity contribution is -0.133. The number of furan rings is 1. The Kier molecular flexibility index (Phi) is 8.82. The standard InChI is InChI=1S/C30H37N3O3/c1-23-11-9-10-16-28(23)31-30(35)33(26-14-7-4-8-15-26)22-29(34)32(21-27-18-17-24(2)36-27)20-19-25-12-5-3-6-13-25/h3,5-6,9-13,16-18,26H,4,7-8,14-15,19-22H2,1-2H3,(H,31,35). The van der Waals surface area contributed by atoms with E-state index in [1.165, 1.54) is 12.0 Å². The Balaban J connectivity index is 1.51. The number of amides is 3. The fourth-order valence-electron chi connectivity index (χ4n) is 4.86. The van der Waals surface area contributed by atoms with Gasteiger partial charge in [0.25, 0.3) is 0 Å². The number of nitrogens with zero attached hydrogens (tertiary/aromatic N) is 2. The summed E-state index contributed by atoms with van der Waals surface area (Å²) in [6.07, 6.45) is 5.93. The zero-order chi connectivity index (χ0) is 25.3. The van der Waals surface area contributed by atoms with Crippen LogP contribution in [0.5, 0.6) is 0 Å². The van der Waals surface area contributed by atoms with Crippen molar-refractivity contribution in [2.24, 2.45) is 0 Å². The molecule has 36 heavy (non-hydrogen) atoms. The molecular formula is C30H37N3O3. The van der Waals surface area contributed by atoms with Gasteiger partial charge in [-0.05, 0) is 62.4 Å². The second-order valence-corrected chi connectivity index (χ2v) is 9.73. The van der Waals surface area contributed by atoms with Gasteiger partial charge in [0.05, 0.1) is 6.54 Å². The van der Waals surface area contributed by atoms with Gasteiger partial charge in [-0.15, -0.1) is 0 Å². The third-order valence-corrected chi connectivity index (χ3v) is 6.98. The fraction of sp³-hybridized carbons (Fsp3) is 0.400. The lowest BCUT2D eigenvalue weighted by Gasteiger charge is -2.35. The molecule has 0 saturated heterocycles. The summed E-state index contributed by atoms with van der Waals surface area (Å²) in [5, 5.41) is 3.06. The lowest BCUT2D eigenvalue weighted by atomic mass is 9.94. The van der Waals surface area contributed by atoms with Crippen molar-refractivity contribution >= 4 is 17.6 Å². The predicted octanol–water partition coefficient (Wildman–Crippen LogP) is 6.33. The smallest absolute Gasteiger partial charge is 0.322 e. The maximum Gasteiger partial charge on any atom is 0.322 e. The molecule has 1 fully saturated rings. The topological polar surface area (TPSA) is 65.8 Å². The zero-order valence-electron chi connectivity index (χ0n) is 21.4. The molecule has 0 radical (unpaired) electrons. The van der Waals surface area contributed by atoms with Crippen LogP contribution in [0, 0.1) is 13.8 Å². The van der Waals surface area contributed by atoms with Gasteiger partial charge in [0.1, 0.15) is 18.1 Å². The molecule has 3 aromatic rings. The Hall–Kier alpha value is -3.54. The molecule has 4 rings (SSSR count). The minimum atomic E-state index is -0.207. The van der Waals surface area contributed by atoms with Crippen LogP contribution in [0.1, 0.15) is 54.8 Å². The first kappa shape index (κ1) is 25.5. The normalized spacial score (nSPS) is 13.8. The van der Waals surface area contributed by atoms with Gasteiger partial charge in [0.2, 0.25) is 5.91 Å². The van der Waals surface area contributed by atoms with Crippen LogP contribution in [0.15, 0.2) is 71.1 Å². The Labute approximate surface area is 214 Å². The van der Waals surface area contributed by atoms with E-state index in [9.17, 15) is 9.59 Å². The molecule has 1 aromatic heterocycles. The largest absolute Gasteiger partial charge is 0.464 e. The highest BCUT2D eigenvalue weighted by atomic mass is 16.3. The fourth-order valence-corrected chi connectivity index (χ4v) is 4.86. The van der Waals surface area contributed by atoms with Gasteiger partial charge in [-0.3, -0.25) is 4.79 Å². The van der Waals surface area contributed by atoms with E-state index >= 15 is 0 Å². The summed E-state index contributed by atoms with van der Waals surface area (Å²) in [6.45, 7) is 4.87. The van der Waals surface area contributed by atoms with Crippen LogP contribution in [0.4, 0.5) is 10.5 Å². The molecule has 0 bridgehead atoms. The first-order valence-corrected chi connectivity index (χ1v) is 13.0. The summed E-state index contributed by atoms with van der Waals surface area (Å²) in [4.78, 5) is 30.8. The molecule has 1 N–H and O–H groups in total. The molecule has 190 valence electrons. The van der Waals surface area contributed by atoms with Crippen molar-refractivity contribution in [1.82, 2.24) is 9.80 Å². The molecule has 6 nitrogen and oxygen atoms in total. The van der Waals surface area contributed by atoms with Crippen LogP contribution < -0.4 is 5.32 Å². The predicted molar refractivity (Wildman–Crippen MR) is 143 cm³/mol. The van der Waals surface area contributed by atoms with Gasteiger partial charge in [0, 0.05) is 18.3 Å². The van der Waals surface area contributed by atoms with Gasteiger partial charge < -0.3 is 19.5 Å². The highest BCUT2D eigenvalue weighted by Crippen LogP contribution is 2.24. The van der Waals surface area contributed by atoms with Crippen molar-refractivity contribution in [3.05, 3.63) is 89.4 Å². The monoisotopic (exact) mass is 487 g/mol. The Bertz CT molecular complexity index is 1140. The van der Waals surface area contributed by atoms with Crippen LogP contribution in [0.2, 0.25) is 0 Å². The number of carbonyl (C=O) groups is 2. The van der Waals surface area contributed by atoms with Gasteiger partial charge in [0.15, 0.2) is 0 Å². The first-order valence-electron chi connectivity index (χ1n) is 13.0.